The minimum absolute atomic E-state index is 0.000134. The Morgan fingerprint density at radius 1 is 0.330 bits per heavy atom. The van der Waals surface area contributed by atoms with Gasteiger partial charge in [-0.1, -0.05) is 40.0 Å². The first-order chi connectivity index (χ1) is 54.5. The van der Waals surface area contributed by atoms with Crippen molar-refractivity contribution in [2.75, 3.05) is 211 Å². The molecule has 0 radical (unpaired) electrons. The SMILES string of the molecule is CCC(CCC(=O)NCCCOCCOCCOCCCN)C(C)=O.CCCCCCC(=O)NCCCOCCOCCOCCCNC(=O)CCC(CC)C(=O)CC(CCC(=O)NCCCOCCOCCOCCCNC(=O)Cc1cnc[nH]1)C(=O)CC(CCC(=O)NCCCOCCOCCOCCCN)C(C)=O. The lowest BCUT2D eigenvalue weighted by molar-refractivity contribution is -0.133. The molecular weight excluding hydrogens is 1450 g/mol. The predicted molar refractivity (Wildman–Crippen MR) is 426 cm³/mol. The molecule has 650 valence electrons. The minimum atomic E-state index is -0.846. The molecule has 0 aliphatic rings. The topological polar surface area (TPSA) is 434 Å². The van der Waals surface area contributed by atoms with Crippen molar-refractivity contribution in [3.05, 3.63) is 18.2 Å². The zero-order chi connectivity index (χ0) is 82.2. The molecule has 1 rings (SSSR count). The van der Waals surface area contributed by atoms with Crippen molar-refractivity contribution in [3.63, 3.8) is 0 Å². The Morgan fingerprint density at radius 2 is 0.607 bits per heavy atom. The van der Waals surface area contributed by atoms with Gasteiger partial charge in [0.1, 0.15) is 23.1 Å². The number of carbonyl (C=O) groups excluding carboxylic acids is 10. The van der Waals surface area contributed by atoms with Gasteiger partial charge < -0.3 is 105 Å². The van der Waals surface area contributed by atoms with Crippen LogP contribution in [-0.4, -0.2) is 279 Å². The number of hydrogen-bond donors (Lipinski definition) is 9. The molecule has 11 N–H and O–H groups in total. The third kappa shape index (κ3) is 70.8. The molecule has 0 spiro atoms. The number of H-pyrrole nitrogens is 1. The van der Waals surface area contributed by atoms with Crippen molar-refractivity contribution in [1.29, 1.82) is 0 Å². The number of carbonyl (C=O) groups is 10. The highest BCUT2D eigenvalue weighted by Crippen LogP contribution is 2.25. The average molecular weight is 1600 g/mol. The van der Waals surface area contributed by atoms with Gasteiger partial charge in [0, 0.05) is 173 Å². The van der Waals surface area contributed by atoms with Crippen molar-refractivity contribution in [2.45, 2.75) is 202 Å². The Labute approximate surface area is 668 Å². The molecule has 4 atom stereocenters. The molecule has 0 saturated carbocycles. The van der Waals surface area contributed by atoms with Crippen LogP contribution in [0.4, 0.5) is 0 Å². The largest absolute Gasteiger partial charge is 0.379 e. The molecule has 6 amide bonds. The van der Waals surface area contributed by atoms with E-state index in [0.29, 0.717) is 262 Å². The summed E-state index contributed by atoms with van der Waals surface area (Å²) in [5.74, 6) is -3.43. The minimum Gasteiger partial charge on any atom is -0.379 e. The number of Topliss-reactive ketones (excluding diaryl/α,β-unsaturated/α-hetero) is 4. The Hall–Kier alpha value is -5.85. The standard InChI is InChI=1S/C62H112N8O17.C18H36N2O5/c1-4-6-7-8-15-58(74)65-23-10-29-80-36-42-86-43-37-81-30-11-24-66-59(75)19-16-52(5-2)56(72)47-54(57(73)46-53(51(3)71)17-20-60(76)67-25-12-31-82-35-41-85-40-34-79-28-9-22-63)18-21-61(77)68-26-13-32-83-38-44-87-45-39-84-33-14-27-69-62(78)48-55-49-64-50-70-55;1-3-17(16(2)21)6-7-18(22)20-9-5-11-24-13-15-25-14-12-23-10-4-8-19/h49-50,52-54H,4-48,63H2,1-3H3,(H,64,70)(H,65,74)(H,66,75)(H,67,76)(H,68,77)(H,69,78);17H,3-15,19H2,1-2H3,(H,20,22). The highest BCUT2D eigenvalue weighted by atomic mass is 16.6. The summed E-state index contributed by atoms with van der Waals surface area (Å²) in [6.07, 6.45) is 16.4. The smallest absolute Gasteiger partial charge is 0.225 e. The summed E-state index contributed by atoms with van der Waals surface area (Å²) in [6, 6.07) is 0. The summed E-state index contributed by atoms with van der Waals surface area (Å²) in [5.41, 5.74) is 11.6. The number of hydrogen-bond acceptors (Lipinski definition) is 25. The number of nitrogens with one attached hydrogen (secondary N) is 7. The number of rotatable bonds is 83. The second kappa shape index (κ2) is 80.3. The monoisotopic (exact) mass is 1600 g/mol. The van der Waals surface area contributed by atoms with Gasteiger partial charge in [-0.2, -0.15) is 0 Å². The van der Waals surface area contributed by atoms with E-state index in [1.807, 2.05) is 13.8 Å². The fourth-order valence-corrected chi connectivity index (χ4v) is 10.9. The molecule has 0 aliphatic carbocycles. The Balaban J connectivity index is 0.00000417. The van der Waals surface area contributed by atoms with Gasteiger partial charge in [0.25, 0.3) is 0 Å². The maximum absolute atomic E-state index is 14.0. The summed E-state index contributed by atoms with van der Waals surface area (Å²) >= 11 is 0. The van der Waals surface area contributed by atoms with Gasteiger partial charge in [0.05, 0.1) is 118 Å². The second-order valence-electron chi connectivity index (χ2n) is 27.2. The highest BCUT2D eigenvalue weighted by molar-refractivity contribution is 5.92. The molecule has 1 aromatic heterocycles. The number of unbranched alkanes of at least 4 members (excludes halogenated alkanes) is 3. The zero-order valence-electron chi connectivity index (χ0n) is 69.1. The van der Waals surface area contributed by atoms with E-state index in [9.17, 15) is 47.9 Å². The summed E-state index contributed by atoms with van der Waals surface area (Å²) < 4.78 is 66.1. The number of nitrogens with zero attached hydrogens (tertiary/aromatic N) is 1. The molecule has 0 saturated heterocycles. The number of ketones is 4. The van der Waals surface area contributed by atoms with Gasteiger partial charge in [0.2, 0.25) is 35.4 Å². The van der Waals surface area contributed by atoms with Crippen molar-refractivity contribution >= 4 is 58.6 Å². The van der Waals surface area contributed by atoms with Gasteiger partial charge in [-0.05, 0) is 123 Å². The van der Waals surface area contributed by atoms with Crippen molar-refractivity contribution in [1.82, 2.24) is 41.9 Å². The molecule has 32 nitrogen and oxygen atoms in total. The van der Waals surface area contributed by atoms with Gasteiger partial charge in [-0.25, -0.2) is 4.98 Å². The van der Waals surface area contributed by atoms with E-state index in [2.05, 4.69) is 48.8 Å². The number of imidazole rings is 1. The predicted octanol–water partition coefficient (Wildman–Crippen LogP) is 5.35. The highest BCUT2D eigenvalue weighted by Gasteiger charge is 2.30. The molecular formula is C80H148N10O22. The van der Waals surface area contributed by atoms with Crippen LogP contribution in [-0.2, 0) is 111 Å². The third-order valence-corrected chi connectivity index (χ3v) is 17.7. The molecule has 0 fully saturated rings. The van der Waals surface area contributed by atoms with Crippen LogP contribution in [0.5, 0.6) is 0 Å². The number of aromatic nitrogens is 2. The maximum Gasteiger partial charge on any atom is 0.225 e. The first-order valence-electron chi connectivity index (χ1n) is 41.5. The van der Waals surface area contributed by atoms with Crippen LogP contribution in [0.25, 0.3) is 0 Å². The van der Waals surface area contributed by atoms with Crippen molar-refractivity contribution < 1.29 is 105 Å². The summed E-state index contributed by atoms with van der Waals surface area (Å²) in [7, 11) is 0. The molecule has 0 bridgehead atoms. The van der Waals surface area contributed by atoms with Crippen LogP contribution in [0.1, 0.15) is 201 Å². The lowest BCUT2D eigenvalue weighted by atomic mass is 9.82. The fourth-order valence-electron chi connectivity index (χ4n) is 10.9. The maximum atomic E-state index is 14.0. The van der Waals surface area contributed by atoms with Crippen LogP contribution in [0.15, 0.2) is 12.5 Å². The van der Waals surface area contributed by atoms with Crippen LogP contribution in [0, 0.1) is 23.7 Å². The van der Waals surface area contributed by atoms with Crippen LogP contribution < -0.4 is 43.4 Å². The molecule has 0 aliphatic heterocycles. The average Bonchev–Trinajstić information content (AvgIpc) is 0.983. The van der Waals surface area contributed by atoms with E-state index in [4.69, 9.17) is 68.3 Å². The van der Waals surface area contributed by atoms with E-state index in [1.165, 1.54) is 13.3 Å². The van der Waals surface area contributed by atoms with E-state index >= 15 is 0 Å². The summed E-state index contributed by atoms with van der Waals surface area (Å²) in [4.78, 5) is 133. The number of amides is 6. The molecule has 0 aromatic carbocycles. The lowest BCUT2D eigenvalue weighted by Gasteiger charge is -2.21. The fraction of sp³-hybridized carbons (Fsp3) is 0.838. The van der Waals surface area contributed by atoms with E-state index in [1.54, 1.807) is 13.1 Å². The van der Waals surface area contributed by atoms with Crippen molar-refractivity contribution in [3.8, 4) is 0 Å². The van der Waals surface area contributed by atoms with Gasteiger partial charge in [0.15, 0.2) is 0 Å². The Bertz CT molecular complexity index is 2480. The van der Waals surface area contributed by atoms with Crippen LogP contribution in [0.3, 0.4) is 0 Å². The van der Waals surface area contributed by atoms with Gasteiger partial charge in [-0.15, -0.1) is 0 Å². The quantitative estimate of drug-likeness (QED) is 0.0371. The van der Waals surface area contributed by atoms with E-state index in [-0.39, 0.29) is 122 Å². The summed E-state index contributed by atoms with van der Waals surface area (Å²) in [5, 5.41) is 17.2. The lowest BCUT2D eigenvalue weighted by Crippen LogP contribution is -2.31. The Kier molecular flexibility index (Phi) is 76.1. The first kappa shape index (κ1) is 106. The molecule has 112 heavy (non-hydrogen) atoms. The third-order valence-electron chi connectivity index (χ3n) is 17.7. The molecule has 1 heterocycles. The number of aromatic amines is 1. The number of nitrogens with two attached hydrogens (primary N) is 2. The van der Waals surface area contributed by atoms with E-state index < -0.39 is 17.8 Å². The van der Waals surface area contributed by atoms with Crippen LogP contribution in [0.2, 0.25) is 0 Å². The van der Waals surface area contributed by atoms with Crippen LogP contribution >= 0.6 is 0 Å². The Morgan fingerprint density at radius 3 is 0.911 bits per heavy atom. The van der Waals surface area contributed by atoms with E-state index in [0.717, 1.165) is 63.5 Å². The summed E-state index contributed by atoms with van der Waals surface area (Å²) in [6.45, 7) is 24.3. The molecule has 32 heteroatoms. The van der Waals surface area contributed by atoms with Crippen molar-refractivity contribution in [2.24, 2.45) is 35.1 Å². The first-order valence-corrected chi connectivity index (χ1v) is 41.5. The normalized spacial score (nSPS) is 12.3. The zero-order valence-corrected chi connectivity index (χ0v) is 69.1. The van der Waals surface area contributed by atoms with Gasteiger partial charge in [-0.3, -0.25) is 47.9 Å². The second-order valence-corrected chi connectivity index (χ2v) is 27.2. The van der Waals surface area contributed by atoms with Gasteiger partial charge >= 0.3 is 0 Å². The molecule has 4 unspecified atom stereocenters. The molecule has 1 aromatic rings. The number of ether oxygens (including phenoxy) is 12.